The highest BCUT2D eigenvalue weighted by Gasteiger charge is 2.48. The van der Waals surface area contributed by atoms with Crippen LogP contribution in [0, 0.1) is 5.92 Å². The second-order valence-corrected chi connectivity index (χ2v) is 6.01. The Hall–Kier alpha value is -1.55. The zero-order valence-corrected chi connectivity index (χ0v) is 12.0. The van der Waals surface area contributed by atoms with E-state index in [4.69, 9.17) is 4.74 Å². The van der Waals surface area contributed by atoms with Crippen LogP contribution in [0.1, 0.15) is 25.3 Å². The summed E-state index contributed by atoms with van der Waals surface area (Å²) in [5.41, 5.74) is 0.987. The molecule has 0 bridgehead atoms. The first-order valence-corrected chi connectivity index (χ1v) is 7.39. The lowest BCUT2D eigenvalue weighted by Crippen LogP contribution is -2.52. The van der Waals surface area contributed by atoms with Crippen LogP contribution in [0.2, 0.25) is 0 Å². The Kier molecular flexibility index (Phi) is 3.66. The second-order valence-electron chi connectivity index (χ2n) is 6.01. The standard InChI is InChI=1S/C16H22N2O2/c1-16(14-7-9-17-10-8-14)12-20-15(19)18(16)11-13-5-3-2-4-6-13/h2-6,14,17H,7-12H2,1H3. The van der Waals surface area contributed by atoms with Crippen molar-refractivity contribution in [1.29, 1.82) is 0 Å². The summed E-state index contributed by atoms with van der Waals surface area (Å²) in [7, 11) is 0. The number of nitrogens with zero attached hydrogens (tertiary/aromatic N) is 1. The van der Waals surface area contributed by atoms with Crippen LogP contribution in [-0.4, -0.2) is 36.2 Å². The zero-order chi connectivity index (χ0) is 14.0. The maximum atomic E-state index is 12.1. The van der Waals surface area contributed by atoms with Crippen LogP contribution >= 0.6 is 0 Å². The minimum atomic E-state index is -0.172. The van der Waals surface area contributed by atoms with Gasteiger partial charge in [-0.15, -0.1) is 0 Å². The van der Waals surface area contributed by atoms with Gasteiger partial charge in [0.05, 0.1) is 5.54 Å². The van der Waals surface area contributed by atoms with Crippen LogP contribution in [0.4, 0.5) is 4.79 Å². The predicted molar refractivity (Wildman–Crippen MR) is 77.3 cm³/mol. The molecular formula is C16H22N2O2. The average molecular weight is 274 g/mol. The molecule has 3 rings (SSSR count). The molecule has 2 saturated heterocycles. The lowest BCUT2D eigenvalue weighted by atomic mass is 9.79. The lowest BCUT2D eigenvalue weighted by molar-refractivity contribution is 0.0889. The highest BCUT2D eigenvalue weighted by atomic mass is 16.6. The van der Waals surface area contributed by atoms with Crippen molar-refractivity contribution in [2.45, 2.75) is 31.8 Å². The fraction of sp³-hybridized carbons (Fsp3) is 0.562. The van der Waals surface area contributed by atoms with Crippen molar-refractivity contribution in [3.63, 3.8) is 0 Å². The molecule has 0 aromatic heterocycles. The average Bonchev–Trinajstić information content (AvgIpc) is 2.79. The van der Waals surface area contributed by atoms with E-state index in [0.29, 0.717) is 19.1 Å². The Labute approximate surface area is 120 Å². The molecule has 4 nitrogen and oxygen atoms in total. The molecular weight excluding hydrogens is 252 g/mol. The number of rotatable bonds is 3. The van der Waals surface area contributed by atoms with Gasteiger partial charge in [0.25, 0.3) is 0 Å². The Morgan fingerprint density at radius 3 is 2.70 bits per heavy atom. The van der Waals surface area contributed by atoms with Crippen LogP contribution < -0.4 is 5.32 Å². The summed E-state index contributed by atoms with van der Waals surface area (Å²) in [6.45, 7) is 5.40. The van der Waals surface area contributed by atoms with E-state index in [1.165, 1.54) is 0 Å². The van der Waals surface area contributed by atoms with Gasteiger partial charge in [0.2, 0.25) is 0 Å². The van der Waals surface area contributed by atoms with Crippen molar-refractivity contribution < 1.29 is 9.53 Å². The first-order valence-electron chi connectivity index (χ1n) is 7.39. The third-order valence-electron chi connectivity index (χ3n) is 4.73. The van der Waals surface area contributed by atoms with Crippen LogP contribution in [0.5, 0.6) is 0 Å². The molecule has 0 saturated carbocycles. The Morgan fingerprint density at radius 2 is 2.00 bits per heavy atom. The van der Waals surface area contributed by atoms with Gasteiger partial charge < -0.3 is 10.1 Å². The van der Waals surface area contributed by atoms with E-state index >= 15 is 0 Å². The fourth-order valence-electron chi connectivity index (χ4n) is 3.37. The van der Waals surface area contributed by atoms with Gasteiger partial charge in [0.1, 0.15) is 6.61 Å². The molecule has 1 N–H and O–H groups in total. The number of nitrogens with one attached hydrogen (secondary N) is 1. The number of carbonyl (C=O) groups excluding carboxylic acids is 1. The van der Waals surface area contributed by atoms with E-state index in [1.807, 2.05) is 23.1 Å². The number of hydrogen-bond acceptors (Lipinski definition) is 3. The fourth-order valence-corrected chi connectivity index (χ4v) is 3.37. The van der Waals surface area contributed by atoms with Crippen molar-refractivity contribution in [3.8, 4) is 0 Å². The molecule has 1 aromatic rings. The van der Waals surface area contributed by atoms with E-state index in [0.717, 1.165) is 31.5 Å². The third-order valence-corrected chi connectivity index (χ3v) is 4.73. The van der Waals surface area contributed by atoms with Crippen LogP contribution in [0.3, 0.4) is 0 Å². The molecule has 108 valence electrons. The molecule has 4 heteroatoms. The monoisotopic (exact) mass is 274 g/mol. The van der Waals surface area contributed by atoms with Crippen molar-refractivity contribution in [2.24, 2.45) is 5.92 Å². The number of carbonyl (C=O) groups is 1. The molecule has 1 atom stereocenters. The lowest BCUT2D eigenvalue weighted by Gasteiger charge is -2.41. The van der Waals surface area contributed by atoms with E-state index in [-0.39, 0.29) is 11.6 Å². The summed E-state index contributed by atoms with van der Waals surface area (Å²) in [4.78, 5) is 14.1. The third kappa shape index (κ3) is 2.40. The molecule has 2 aliphatic rings. The Balaban J connectivity index is 1.80. The summed E-state index contributed by atoms with van der Waals surface area (Å²) >= 11 is 0. The van der Waals surface area contributed by atoms with Gasteiger partial charge in [-0.1, -0.05) is 30.3 Å². The molecule has 1 aromatic carbocycles. The minimum Gasteiger partial charge on any atom is -0.447 e. The quantitative estimate of drug-likeness (QED) is 0.920. The largest absolute Gasteiger partial charge is 0.447 e. The first kappa shape index (κ1) is 13.4. The normalized spacial score (nSPS) is 27.6. The smallest absolute Gasteiger partial charge is 0.410 e. The van der Waals surface area contributed by atoms with Crippen LogP contribution in [-0.2, 0) is 11.3 Å². The second kappa shape index (κ2) is 5.44. The number of benzene rings is 1. The maximum absolute atomic E-state index is 12.1. The predicted octanol–water partition coefficient (Wildman–Crippen LogP) is 2.40. The molecule has 0 aliphatic carbocycles. The number of piperidine rings is 1. The van der Waals surface area contributed by atoms with Crippen molar-refractivity contribution in [3.05, 3.63) is 35.9 Å². The maximum Gasteiger partial charge on any atom is 0.410 e. The highest BCUT2D eigenvalue weighted by Crippen LogP contribution is 2.37. The number of ether oxygens (including phenoxy) is 1. The summed E-state index contributed by atoms with van der Waals surface area (Å²) in [6.07, 6.45) is 2.05. The summed E-state index contributed by atoms with van der Waals surface area (Å²) < 4.78 is 5.37. The number of hydrogen-bond donors (Lipinski definition) is 1. The van der Waals surface area contributed by atoms with Gasteiger partial charge in [0.15, 0.2) is 0 Å². The van der Waals surface area contributed by atoms with Crippen molar-refractivity contribution in [2.75, 3.05) is 19.7 Å². The Bertz CT molecular complexity index is 471. The minimum absolute atomic E-state index is 0.171. The SMILES string of the molecule is CC1(C2CCNCC2)COC(=O)N1Cc1ccccc1. The molecule has 1 amide bonds. The van der Waals surface area contributed by atoms with Gasteiger partial charge in [0, 0.05) is 6.54 Å². The van der Waals surface area contributed by atoms with Gasteiger partial charge >= 0.3 is 6.09 Å². The van der Waals surface area contributed by atoms with Crippen molar-refractivity contribution >= 4 is 6.09 Å². The molecule has 0 spiro atoms. The van der Waals surface area contributed by atoms with E-state index in [1.54, 1.807) is 0 Å². The van der Waals surface area contributed by atoms with E-state index in [2.05, 4.69) is 24.4 Å². The first-order chi connectivity index (χ1) is 9.70. The molecule has 20 heavy (non-hydrogen) atoms. The van der Waals surface area contributed by atoms with Crippen molar-refractivity contribution in [1.82, 2.24) is 10.2 Å². The van der Waals surface area contributed by atoms with Gasteiger partial charge in [-0.25, -0.2) is 4.79 Å². The summed E-state index contributed by atoms with van der Waals surface area (Å²) in [5.74, 6) is 0.513. The van der Waals surface area contributed by atoms with Crippen LogP contribution in [0.25, 0.3) is 0 Å². The molecule has 1 unspecified atom stereocenters. The zero-order valence-electron chi connectivity index (χ0n) is 12.0. The van der Waals surface area contributed by atoms with Gasteiger partial charge in [-0.05, 0) is 44.3 Å². The summed E-state index contributed by atoms with van der Waals surface area (Å²) in [5, 5.41) is 3.39. The van der Waals surface area contributed by atoms with E-state index < -0.39 is 0 Å². The van der Waals surface area contributed by atoms with Gasteiger partial charge in [-0.2, -0.15) is 0 Å². The molecule has 2 aliphatic heterocycles. The number of amides is 1. The molecule has 0 radical (unpaired) electrons. The van der Waals surface area contributed by atoms with E-state index in [9.17, 15) is 4.79 Å². The summed E-state index contributed by atoms with van der Waals surface area (Å²) in [6, 6.07) is 10.2. The Morgan fingerprint density at radius 1 is 1.30 bits per heavy atom. The number of cyclic esters (lactones) is 1. The molecule has 2 fully saturated rings. The topological polar surface area (TPSA) is 41.6 Å². The highest BCUT2D eigenvalue weighted by molar-refractivity contribution is 5.71. The molecule has 2 heterocycles. The van der Waals surface area contributed by atoms with Gasteiger partial charge in [-0.3, -0.25) is 4.90 Å². The van der Waals surface area contributed by atoms with Crippen LogP contribution in [0.15, 0.2) is 30.3 Å².